The van der Waals surface area contributed by atoms with Crippen LogP contribution in [-0.2, 0) is 16.0 Å². The van der Waals surface area contributed by atoms with E-state index in [-0.39, 0.29) is 11.6 Å². The number of halogens is 1. The van der Waals surface area contributed by atoms with Crippen LogP contribution in [0.25, 0.3) is 0 Å². The van der Waals surface area contributed by atoms with Gasteiger partial charge >= 0.3 is 0 Å². The van der Waals surface area contributed by atoms with E-state index in [1.54, 1.807) is 14.2 Å². The second kappa shape index (κ2) is 8.12. The Labute approximate surface area is 130 Å². The van der Waals surface area contributed by atoms with Gasteiger partial charge in [-0.2, -0.15) is 5.10 Å². The lowest BCUT2D eigenvalue weighted by molar-refractivity contribution is -0.0322. The number of likely N-dealkylation sites (N-methyl/N-ethyl adjacent to an activating group) is 1. The fraction of sp³-hybridized carbons (Fsp3) is 0.786. The number of nitrogens with zero attached hydrogens (tertiary/aromatic N) is 2. The lowest BCUT2D eigenvalue weighted by atomic mass is 9.90. The minimum absolute atomic E-state index is 0.0660. The second-order valence-corrected chi connectivity index (χ2v) is 5.81. The first-order valence-corrected chi connectivity index (χ1v) is 7.82. The van der Waals surface area contributed by atoms with Crippen LogP contribution in [0.15, 0.2) is 10.7 Å². The molecule has 20 heavy (non-hydrogen) atoms. The van der Waals surface area contributed by atoms with E-state index in [0.29, 0.717) is 6.61 Å². The Morgan fingerprint density at radius 1 is 1.45 bits per heavy atom. The molecule has 0 radical (unpaired) electrons. The Kier molecular flexibility index (Phi) is 7.15. The molecule has 0 fully saturated rings. The Bertz CT molecular complexity index is 405. The number of aromatic nitrogens is 2. The van der Waals surface area contributed by atoms with E-state index in [1.807, 2.05) is 10.9 Å². The van der Waals surface area contributed by atoms with Crippen LogP contribution >= 0.6 is 15.9 Å². The number of hydrogen-bond donors (Lipinski definition) is 1. The molecule has 0 aromatic carbocycles. The molecule has 0 spiro atoms. The van der Waals surface area contributed by atoms with Crippen LogP contribution in [0.3, 0.4) is 0 Å². The molecule has 1 aromatic rings. The summed E-state index contributed by atoms with van der Waals surface area (Å²) < 4.78 is 13.9. The van der Waals surface area contributed by atoms with Gasteiger partial charge in [-0.05, 0) is 35.8 Å². The number of hydrogen-bond acceptors (Lipinski definition) is 4. The topological polar surface area (TPSA) is 48.3 Å². The summed E-state index contributed by atoms with van der Waals surface area (Å²) in [5.41, 5.74) is 0.818. The highest BCUT2D eigenvalue weighted by Gasteiger charge is 2.36. The van der Waals surface area contributed by atoms with Crippen molar-refractivity contribution in [1.82, 2.24) is 15.1 Å². The molecule has 1 rings (SSSR count). The first-order chi connectivity index (χ1) is 9.53. The molecule has 6 heteroatoms. The predicted molar refractivity (Wildman–Crippen MR) is 83.9 cm³/mol. The summed E-state index contributed by atoms with van der Waals surface area (Å²) in [4.78, 5) is 0. The number of rotatable bonds is 9. The van der Waals surface area contributed by atoms with Gasteiger partial charge in [0.2, 0.25) is 0 Å². The van der Waals surface area contributed by atoms with Crippen LogP contribution in [0.1, 0.15) is 38.9 Å². The Morgan fingerprint density at radius 2 is 2.15 bits per heavy atom. The average molecular weight is 348 g/mol. The van der Waals surface area contributed by atoms with Crippen LogP contribution in [0, 0.1) is 0 Å². The molecule has 0 saturated carbocycles. The second-order valence-electron chi connectivity index (χ2n) is 4.95. The maximum Gasteiger partial charge on any atom is 0.0857 e. The van der Waals surface area contributed by atoms with Crippen LogP contribution < -0.4 is 5.32 Å². The molecule has 2 unspecified atom stereocenters. The molecule has 2 atom stereocenters. The van der Waals surface area contributed by atoms with Crippen LogP contribution in [0.5, 0.6) is 0 Å². The summed E-state index contributed by atoms with van der Waals surface area (Å²) in [6, 6.07) is 0.0660. The number of ether oxygens (including phenoxy) is 2. The maximum absolute atomic E-state index is 5.78. The van der Waals surface area contributed by atoms with E-state index in [1.165, 1.54) is 0 Å². The van der Waals surface area contributed by atoms with E-state index in [4.69, 9.17) is 9.47 Å². The third-order valence-corrected chi connectivity index (χ3v) is 4.41. The summed E-state index contributed by atoms with van der Waals surface area (Å²) >= 11 is 3.61. The fourth-order valence-electron chi connectivity index (χ4n) is 2.29. The molecule has 5 nitrogen and oxygen atoms in total. The van der Waals surface area contributed by atoms with Gasteiger partial charge < -0.3 is 14.8 Å². The van der Waals surface area contributed by atoms with Gasteiger partial charge in [0.15, 0.2) is 0 Å². The van der Waals surface area contributed by atoms with Crippen molar-refractivity contribution in [3.63, 3.8) is 0 Å². The highest BCUT2D eigenvalue weighted by atomic mass is 79.9. The highest BCUT2D eigenvalue weighted by Crippen LogP contribution is 2.35. The first-order valence-electron chi connectivity index (χ1n) is 7.02. The van der Waals surface area contributed by atoms with Crippen molar-refractivity contribution in [1.29, 1.82) is 0 Å². The van der Waals surface area contributed by atoms with Gasteiger partial charge in [-0.3, -0.25) is 4.68 Å². The van der Waals surface area contributed by atoms with Gasteiger partial charge in [-0.15, -0.1) is 0 Å². The lowest BCUT2D eigenvalue weighted by Crippen LogP contribution is -2.44. The zero-order valence-electron chi connectivity index (χ0n) is 13.1. The summed E-state index contributed by atoms with van der Waals surface area (Å²) in [6.45, 7) is 8.59. The van der Waals surface area contributed by atoms with E-state index >= 15 is 0 Å². The first kappa shape index (κ1) is 17.6. The van der Waals surface area contributed by atoms with Gasteiger partial charge in [0.25, 0.3) is 0 Å². The fourth-order valence-corrected chi connectivity index (χ4v) is 2.81. The molecule has 1 heterocycles. The summed E-state index contributed by atoms with van der Waals surface area (Å²) in [7, 11) is 3.46. The quantitative estimate of drug-likeness (QED) is 0.746. The molecule has 0 aliphatic rings. The minimum Gasteiger partial charge on any atom is -0.383 e. The molecular weight excluding hydrogens is 322 g/mol. The van der Waals surface area contributed by atoms with Crippen LogP contribution in [0.4, 0.5) is 0 Å². The predicted octanol–water partition coefficient (Wildman–Crippen LogP) is 2.76. The van der Waals surface area contributed by atoms with Crippen molar-refractivity contribution >= 4 is 15.9 Å². The molecule has 0 aliphatic carbocycles. The normalized spacial score (nSPS) is 16.1. The van der Waals surface area contributed by atoms with E-state index in [0.717, 1.165) is 29.7 Å². The van der Waals surface area contributed by atoms with Crippen LogP contribution in [-0.4, -0.2) is 42.8 Å². The van der Waals surface area contributed by atoms with Crippen molar-refractivity contribution in [2.24, 2.45) is 0 Å². The molecule has 0 amide bonds. The molecule has 1 N–H and O–H groups in total. The van der Waals surface area contributed by atoms with E-state index in [2.05, 4.69) is 47.1 Å². The number of methoxy groups -OCH3 is 2. The molecule has 116 valence electrons. The van der Waals surface area contributed by atoms with Crippen molar-refractivity contribution < 1.29 is 9.47 Å². The van der Waals surface area contributed by atoms with Gasteiger partial charge in [-0.1, -0.05) is 13.8 Å². The van der Waals surface area contributed by atoms with E-state index in [9.17, 15) is 0 Å². The van der Waals surface area contributed by atoms with Gasteiger partial charge in [-0.25, -0.2) is 0 Å². The summed E-state index contributed by atoms with van der Waals surface area (Å²) in [5.74, 6) is 0. The van der Waals surface area contributed by atoms with Crippen molar-refractivity contribution in [2.75, 3.05) is 27.4 Å². The average Bonchev–Trinajstić information content (AvgIpc) is 2.82. The van der Waals surface area contributed by atoms with E-state index < -0.39 is 0 Å². The van der Waals surface area contributed by atoms with Crippen molar-refractivity contribution in [3.05, 3.63) is 16.4 Å². The Hall–Kier alpha value is -0.430. The number of nitrogens with one attached hydrogen (secondary N) is 1. The molecule has 0 bridgehead atoms. The standard InChI is InChI=1S/C14H26BrN3O2/c1-6-14(3,20-5)13(16-7-2)12-11(15)10-17-18(12)8-9-19-4/h10,13,16H,6-9H2,1-5H3. The monoisotopic (exact) mass is 347 g/mol. The molecular formula is C14H26BrN3O2. The highest BCUT2D eigenvalue weighted by molar-refractivity contribution is 9.10. The van der Waals surface area contributed by atoms with Crippen molar-refractivity contribution in [3.8, 4) is 0 Å². The van der Waals surface area contributed by atoms with Crippen molar-refractivity contribution in [2.45, 2.75) is 45.4 Å². The lowest BCUT2D eigenvalue weighted by Gasteiger charge is -2.36. The molecule has 0 aliphatic heterocycles. The van der Waals surface area contributed by atoms with Gasteiger partial charge in [0.1, 0.15) is 0 Å². The Morgan fingerprint density at radius 3 is 2.65 bits per heavy atom. The molecule has 0 saturated heterocycles. The Balaban J connectivity index is 3.17. The smallest absolute Gasteiger partial charge is 0.0857 e. The summed E-state index contributed by atoms with van der Waals surface area (Å²) in [5, 5.41) is 7.96. The van der Waals surface area contributed by atoms with Gasteiger partial charge in [0, 0.05) is 14.2 Å². The third kappa shape index (κ3) is 3.81. The zero-order chi connectivity index (χ0) is 15.2. The summed E-state index contributed by atoms with van der Waals surface area (Å²) in [6.07, 6.45) is 2.74. The SMILES string of the molecule is CCNC(c1c(Br)cnn1CCOC)C(C)(CC)OC. The zero-order valence-corrected chi connectivity index (χ0v) is 14.7. The van der Waals surface area contributed by atoms with Crippen LogP contribution in [0.2, 0.25) is 0 Å². The van der Waals surface area contributed by atoms with Gasteiger partial charge in [0.05, 0.1) is 41.2 Å². The third-order valence-electron chi connectivity index (χ3n) is 3.80. The minimum atomic E-state index is -0.288. The molecule has 1 aromatic heterocycles. The maximum atomic E-state index is 5.78. The largest absolute Gasteiger partial charge is 0.383 e.